The van der Waals surface area contributed by atoms with Gasteiger partial charge in [0.15, 0.2) is 23.1 Å². The smallest absolute Gasteiger partial charge is 0.227 e. The summed E-state index contributed by atoms with van der Waals surface area (Å²) >= 11 is 0. The molecule has 0 N–H and O–H groups in total. The third kappa shape index (κ3) is 5.94. The molecule has 284 valence electrons. The van der Waals surface area contributed by atoms with E-state index in [2.05, 4.69) is 164 Å². The van der Waals surface area contributed by atoms with Crippen LogP contribution in [0.3, 0.4) is 0 Å². The molecule has 12 aromatic rings. The number of benzene rings is 10. The molecular weight excluding hydrogens is 745 g/mol. The molecule has 0 aliphatic carbocycles. The van der Waals surface area contributed by atoms with Gasteiger partial charge in [0.25, 0.3) is 0 Å². The van der Waals surface area contributed by atoms with Crippen LogP contribution < -0.4 is 0 Å². The average molecular weight is 779 g/mol. The molecule has 0 fully saturated rings. The van der Waals surface area contributed by atoms with Crippen LogP contribution in [0, 0.1) is 0 Å². The first-order valence-electron chi connectivity index (χ1n) is 20.5. The maximum Gasteiger partial charge on any atom is 0.227 e. The topological polar surface area (TPSA) is 64.7 Å². The van der Waals surface area contributed by atoms with Crippen molar-refractivity contribution < 1.29 is 4.42 Å². The Hall–Kier alpha value is -8.28. The van der Waals surface area contributed by atoms with E-state index in [9.17, 15) is 0 Å². The van der Waals surface area contributed by atoms with Crippen LogP contribution in [-0.2, 0) is 0 Å². The Kier molecular flexibility index (Phi) is 8.10. The second-order valence-electron chi connectivity index (χ2n) is 15.3. The molecular formula is C56H34N4O. The van der Waals surface area contributed by atoms with Gasteiger partial charge in [-0.15, -0.1) is 0 Å². The quantitative estimate of drug-likeness (QED) is 0.157. The van der Waals surface area contributed by atoms with Gasteiger partial charge in [-0.1, -0.05) is 182 Å². The summed E-state index contributed by atoms with van der Waals surface area (Å²) in [5, 5.41) is 8.67. The number of oxazole rings is 1. The fourth-order valence-electron chi connectivity index (χ4n) is 8.83. The lowest BCUT2D eigenvalue weighted by Crippen LogP contribution is -2.01. The Morgan fingerprint density at radius 1 is 0.279 bits per heavy atom. The van der Waals surface area contributed by atoms with Crippen molar-refractivity contribution in [1.82, 2.24) is 19.9 Å². The van der Waals surface area contributed by atoms with E-state index in [0.29, 0.717) is 23.4 Å². The lowest BCUT2D eigenvalue weighted by molar-refractivity contribution is 0.623. The van der Waals surface area contributed by atoms with Crippen molar-refractivity contribution in [2.75, 3.05) is 0 Å². The summed E-state index contributed by atoms with van der Waals surface area (Å²) in [6.07, 6.45) is 0. The van der Waals surface area contributed by atoms with Crippen LogP contribution in [0.25, 0.3) is 122 Å². The Morgan fingerprint density at radius 3 is 1.49 bits per heavy atom. The fraction of sp³-hybridized carbons (Fsp3) is 0. The Bertz CT molecular complexity index is 3620. The Balaban J connectivity index is 1.09. The zero-order valence-corrected chi connectivity index (χ0v) is 32.8. The minimum Gasteiger partial charge on any atom is -0.435 e. The number of hydrogen-bond donors (Lipinski definition) is 0. The van der Waals surface area contributed by atoms with Gasteiger partial charge < -0.3 is 4.42 Å². The third-order valence-corrected chi connectivity index (χ3v) is 11.8. The van der Waals surface area contributed by atoms with E-state index in [1.165, 1.54) is 0 Å². The van der Waals surface area contributed by atoms with E-state index < -0.39 is 0 Å². The van der Waals surface area contributed by atoms with Gasteiger partial charge in [-0.25, -0.2) is 19.9 Å². The van der Waals surface area contributed by atoms with Crippen LogP contribution in [0.5, 0.6) is 0 Å². The van der Waals surface area contributed by atoms with E-state index in [-0.39, 0.29) is 0 Å². The summed E-state index contributed by atoms with van der Waals surface area (Å²) in [6, 6.07) is 71.7. The van der Waals surface area contributed by atoms with Crippen molar-refractivity contribution in [3.63, 3.8) is 0 Å². The number of hydrogen-bond acceptors (Lipinski definition) is 5. The van der Waals surface area contributed by atoms with Gasteiger partial charge >= 0.3 is 0 Å². The molecule has 0 atom stereocenters. The van der Waals surface area contributed by atoms with Gasteiger partial charge in [-0.05, 0) is 78.8 Å². The van der Waals surface area contributed by atoms with Crippen LogP contribution in [0.1, 0.15) is 0 Å². The first-order valence-corrected chi connectivity index (χ1v) is 20.5. The van der Waals surface area contributed by atoms with Crippen LogP contribution in [-0.4, -0.2) is 19.9 Å². The lowest BCUT2D eigenvalue weighted by atomic mass is 9.93. The molecule has 0 saturated heterocycles. The standard InChI is InChI=1S/C56H34N4O/c1-4-13-35(14-5-1)36-23-27-40(28-24-36)53-58-54(60-55(59-53)48-33-32-42(37-15-6-2-7-16-37)43-19-10-11-20-44(43)48)47-22-12-21-46-45(47)31-29-38-25-26-39-30-34-49-52(51(39)50(38)46)61-56(57-49)41-17-8-3-9-18-41/h1-34H. The molecule has 0 amide bonds. The average Bonchev–Trinajstić information content (AvgIpc) is 3.79. The summed E-state index contributed by atoms with van der Waals surface area (Å²) in [7, 11) is 0. The molecule has 10 aromatic carbocycles. The van der Waals surface area contributed by atoms with Crippen molar-refractivity contribution in [2.24, 2.45) is 0 Å². The molecule has 12 rings (SSSR count). The molecule has 0 spiro atoms. The van der Waals surface area contributed by atoms with Crippen molar-refractivity contribution in [2.45, 2.75) is 0 Å². The molecule has 0 unspecified atom stereocenters. The first-order chi connectivity index (χ1) is 30.2. The predicted molar refractivity (Wildman–Crippen MR) is 250 cm³/mol. The van der Waals surface area contributed by atoms with Crippen LogP contribution in [0.2, 0.25) is 0 Å². The number of fused-ring (bicyclic) bond motifs is 8. The highest BCUT2D eigenvalue weighted by Crippen LogP contribution is 2.41. The van der Waals surface area contributed by atoms with E-state index >= 15 is 0 Å². The molecule has 2 aromatic heterocycles. The minimum atomic E-state index is 0.602. The van der Waals surface area contributed by atoms with Crippen LogP contribution in [0.15, 0.2) is 211 Å². The van der Waals surface area contributed by atoms with Gasteiger partial charge in [0.1, 0.15) is 5.52 Å². The van der Waals surface area contributed by atoms with E-state index in [1.807, 2.05) is 42.5 Å². The van der Waals surface area contributed by atoms with E-state index in [1.54, 1.807) is 0 Å². The normalized spacial score (nSPS) is 11.6. The molecule has 61 heavy (non-hydrogen) atoms. The maximum atomic E-state index is 6.63. The van der Waals surface area contributed by atoms with Crippen molar-refractivity contribution in [3.8, 4) is 67.9 Å². The molecule has 2 heterocycles. The van der Waals surface area contributed by atoms with Gasteiger partial charge in [0.05, 0.1) is 0 Å². The van der Waals surface area contributed by atoms with E-state index in [0.717, 1.165) is 98.7 Å². The Labute approximate surface area is 351 Å². The molecule has 5 nitrogen and oxygen atoms in total. The zero-order valence-electron chi connectivity index (χ0n) is 32.8. The summed E-state index contributed by atoms with van der Waals surface area (Å²) in [6.45, 7) is 0. The number of rotatable bonds is 6. The van der Waals surface area contributed by atoms with Gasteiger partial charge in [0.2, 0.25) is 5.89 Å². The van der Waals surface area contributed by atoms with Crippen molar-refractivity contribution >= 4 is 54.2 Å². The molecule has 0 radical (unpaired) electrons. The van der Waals surface area contributed by atoms with Gasteiger partial charge in [0, 0.05) is 33.0 Å². The van der Waals surface area contributed by atoms with Gasteiger partial charge in [-0.2, -0.15) is 0 Å². The summed E-state index contributed by atoms with van der Waals surface area (Å²) in [5.74, 6) is 2.43. The molecule has 0 saturated carbocycles. The summed E-state index contributed by atoms with van der Waals surface area (Å²) < 4.78 is 6.63. The van der Waals surface area contributed by atoms with E-state index in [4.69, 9.17) is 24.4 Å². The van der Waals surface area contributed by atoms with Crippen LogP contribution in [0.4, 0.5) is 0 Å². The molecule has 0 aliphatic rings. The van der Waals surface area contributed by atoms with Crippen molar-refractivity contribution in [3.05, 3.63) is 206 Å². The highest BCUT2D eigenvalue weighted by Gasteiger charge is 2.20. The molecule has 0 aliphatic heterocycles. The monoisotopic (exact) mass is 778 g/mol. The zero-order chi connectivity index (χ0) is 40.3. The lowest BCUT2D eigenvalue weighted by Gasteiger charge is -2.14. The highest BCUT2D eigenvalue weighted by molar-refractivity contribution is 6.27. The largest absolute Gasteiger partial charge is 0.435 e. The summed E-state index contributed by atoms with van der Waals surface area (Å²) in [5.41, 5.74) is 9.92. The second kappa shape index (κ2) is 14.2. The van der Waals surface area contributed by atoms with Gasteiger partial charge in [-0.3, -0.25) is 0 Å². The summed E-state index contributed by atoms with van der Waals surface area (Å²) in [4.78, 5) is 20.8. The molecule has 0 bridgehead atoms. The Morgan fingerprint density at radius 2 is 0.770 bits per heavy atom. The third-order valence-electron chi connectivity index (χ3n) is 11.8. The number of nitrogens with zero attached hydrogens (tertiary/aromatic N) is 4. The van der Waals surface area contributed by atoms with Crippen molar-refractivity contribution in [1.29, 1.82) is 0 Å². The highest BCUT2D eigenvalue weighted by atomic mass is 16.3. The number of aromatic nitrogens is 4. The maximum absolute atomic E-state index is 6.63. The minimum absolute atomic E-state index is 0.602. The SMILES string of the molecule is c1ccc(-c2ccc(-c3nc(-c4ccc(-c5ccccc5)c5ccccc45)nc(-c4cccc5c4ccc4ccc6ccc7nc(-c8ccccc8)oc7c6c45)n3)cc2)cc1. The fourth-order valence-corrected chi connectivity index (χ4v) is 8.83. The van der Waals surface area contributed by atoms with Crippen LogP contribution >= 0.6 is 0 Å². The molecule has 5 heteroatoms. The predicted octanol–water partition coefficient (Wildman–Crippen LogP) is 14.6. The second-order valence-corrected chi connectivity index (χ2v) is 15.3. The first kappa shape index (κ1) is 34.7.